The van der Waals surface area contributed by atoms with Crippen LogP contribution in [0, 0.1) is 5.82 Å². The van der Waals surface area contributed by atoms with Crippen LogP contribution in [0.3, 0.4) is 0 Å². The van der Waals surface area contributed by atoms with Gasteiger partial charge in [-0.1, -0.05) is 22.8 Å². The van der Waals surface area contributed by atoms with Gasteiger partial charge in [0, 0.05) is 30.4 Å². The highest BCUT2D eigenvalue weighted by atomic mass is 35.5. The van der Waals surface area contributed by atoms with Crippen molar-refractivity contribution in [3.8, 4) is 17.3 Å². The van der Waals surface area contributed by atoms with Gasteiger partial charge in [-0.25, -0.2) is 14.4 Å². The van der Waals surface area contributed by atoms with Crippen molar-refractivity contribution in [3.63, 3.8) is 0 Å². The summed E-state index contributed by atoms with van der Waals surface area (Å²) >= 11 is 5.77. The Balaban J connectivity index is 1.29. The summed E-state index contributed by atoms with van der Waals surface area (Å²) < 4.78 is 20.2. The molecule has 3 heterocycles. The van der Waals surface area contributed by atoms with Gasteiger partial charge in [0.2, 0.25) is 0 Å². The van der Waals surface area contributed by atoms with Crippen molar-refractivity contribution >= 4 is 17.5 Å². The molecule has 1 aliphatic rings. The summed E-state index contributed by atoms with van der Waals surface area (Å²) in [5.41, 5.74) is 1.63. The second kappa shape index (κ2) is 7.92. The molecule has 0 spiro atoms. The normalized spacial score (nSPS) is 13.4. The van der Waals surface area contributed by atoms with Gasteiger partial charge in [0.1, 0.15) is 23.7 Å². The highest BCUT2D eigenvalue weighted by Gasteiger charge is 2.29. The molecule has 0 radical (unpaired) electrons. The number of nitrogens with zero attached hydrogens (tertiary/aromatic N) is 5. The quantitative estimate of drug-likeness (QED) is 0.490. The first-order valence-electron chi connectivity index (χ1n) is 9.63. The second-order valence-corrected chi connectivity index (χ2v) is 7.64. The maximum Gasteiger partial charge on any atom is 0.271 e. The molecule has 0 unspecified atom stereocenters. The summed E-state index contributed by atoms with van der Waals surface area (Å²) in [6.07, 6.45) is 6.88. The first-order valence-corrected chi connectivity index (χ1v) is 10.0. The lowest BCUT2D eigenvalue weighted by atomic mass is 10.2. The van der Waals surface area contributed by atoms with Crippen LogP contribution in [0.4, 0.5) is 4.39 Å². The van der Waals surface area contributed by atoms with Gasteiger partial charge >= 0.3 is 0 Å². The molecule has 5 rings (SSSR count). The molecule has 0 bridgehead atoms. The Morgan fingerprint density at radius 3 is 2.94 bits per heavy atom. The molecule has 1 N–H and O–H groups in total. The van der Waals surface area contributed by atoms with Gasteiger partial charge in [0.25, 0.3) is 11.8 Å². The number of aromatic nitrogens is 5. The van der Waals surface area contributed by atoms with Crippen LogP contribution in [-0.4, -0.2) is 30.6 Å². The average Bonchev–Trinajstić information content (AvgIpc) is 3.31. The summed E-state index contributed by atoms with van der Waals surface area (Å²) in [5, 5.41) is 6.77. The van der Waals surface area contributed by atoms with E-state index < -0.39 is 5.82 Å². The van der Waals surface area contributed by atoms with Crippen LogP contribution in [0.25, 0.3) is 17.3 Å². The highest BCUT2D eigenvalue weighted by molar-refractivity contribution is 6.30. The van der Waals surface area contributed by atoms with Crippen LogP contribution in [-0.2, 0) is 6.54 Å². The number of halogens is 2. The fourth-order valence-electron chi connectivity index (χ4n) is 3.04. The van der Waals surface area contributed by atoms with Gasteiger partial charge in [-0.2, -0.15) is 4.98 Å². The van der Waals surface area contributed by atoms with Gasteiger partial charge in [0.05, 0.1) is 5.02 Å². The lowest BCUT2D eigenvalue weighted by Gasteiger charge is -2.04. The van der Waals surface area contributed by atoms with E-state index in [-0.39, 0.29) is 23.2 Å². The van der Waals surface area contributed by atoms with Crippen LogP contribution < -0.4 is 5.32 Å². The number of amides is 1. The van der Waals surface area contributed by atoms with Crippen molar-refractivity contribution in [2.24, 2.45) is 0 Å². The Hall–Kier alpha value is -3.59. The lowest BCUT2D eigenvalue weighted by Crippen LogP contribution is -2.23. The fourth-order valence-corrected chi connectivity index (χ4v) is 3.24. The number of carbonyl (C=O) groups excluding carboxylic acids is 1. The van der Waals surface area contributed by atoms with E-state index in [1.54, 1.807) is 35.2 Å². The summed E-state index contributed by atoms with van der Waals surface area (Å²) in [5.74, 6) is 1.25. The molecule has 3 aromatic heterocycles. The van der Waals surface area contributed by atoms with Gasteiger partial charge < -0.3 is 9.84 Å². The summed E-state index contributed by atoms with van der Waals surface area (Å²) in [4.78, 5) is 25.3. The van der Waals surface area contributed by atoms with Crippen molar-refractivity contribution < 1.29 is 13.7 Å². The standard InChI is InChI=1S/C21H16ClFN6O2/c22-15-7-12(1-4-16(15)23)9-25-20(30)17-10-29(11-26-17)18-8-14(5-6-24-18)21-27-19(28-31-21)13-2-3-13/h1,4-8,10-11,13H,2-3,9H2,(H,25,30). The van der Waals surface area contributed by atoms with Crippen LogP contribution in [0.2, 0.25) is 5.02 Å². The van der Waals surface area contributed by atoms with Crippen molar-refractivity contribution in [1.82, 2.24) is 30.0 Å². The Morgan fingerprint density at radius 1 is 1.26 bits per heavy atom. The van der Waals surface area contributed by atoms with Crippen molar-refractivity contribution in [3.05, 3.63) is 77.0 Å². The molecule has 1 fully saturated rings. The van der Waals surface area contributed by atoms with E-state index in [0.29, 0.717) is 23.2 Å². The zero-order valence-corrected chi connectivity index (χ0v) is 16.9. The van der Waals surface area contributed by atoms with Crippen molar-refractivity contribution in [1.29, 1.82) is 0 Å². The summed E-state index contributed by atoms with van der Waals surface area (Å²) in [7, 11) is 0. The SMILES string of the molecule is O=C(NCc1ccc(F)c(Cl)c1)c1cn(-c2cc(-c3nc(C4CC4)no3)ccn2)cn1. The number of benzene rings is 1. The molecule has 4 aromatic rings. The van der Waals surface area contributed by atoms with Crippen LogP contribution >= 0.6 is 11.6 Å². The number of rotatable bonds is 6. The minimum atomic E-state index is -0.505. The number of nitrogens with one attached hydrogen (secondary N) is 1. The summed E-state index contributed by atoms with van der Waals surface area (Å²) in [6, 6.07) is 7.85. The average molecular weight is 439 g/mol. The molecule has 1 aliphatic carbocycles. The molecule has 1 amide bonds. The predicted molar refractivity (Wildman–Crippen MR) is 109 cm³/mol. The molecule has 0 aliphatic heterocycles. The third-order valence-corrected chi connectivity index (χ3v) is 5.18. The molecular weight excluding hydrogens is 423 g/mol. The molecule has 0 atom stereocenters. The zero-order valence-electron chi connectivity index (χ0n) is 16.1. The Labute approximate surface area is 181 Å². The van der Waals surface area contributed by atoms with Gasteiger partial charge in [-0.05, 0) is 42.7 Å². The smallest absolute Gasteiger partial charge is 0.271 e. The second-order valence-electron chi connectivity index (χ2n) is 7.23. The van der Waals surface area contributed by atoms with E-state index in [0.717, 1.165) is 24.2 Å². The van der Waals surface area contributed by atoms with Gasteiger partial charge in [-0.15, -0.1) is 0 Å². The first kappa shape index (κ1) is 19.4. The van der Waals surface area contributed by atoms with E-state index in [2.05, 4.69) is 25.4 Å². The van der Waals surface area contributed by atoms with E-state index in [1.165, 1.54) is 18.5 Å². The van der Waals surface area contributed by atoms with Crippen LogP contribution in [0.1, 0.15) is 40.6 Å². The Morgan fingerprint density at radius 2 is 2.13 bits per heavy atom. The number of imidazole rings is 1. The zero-order chi connectivity index (χ0) is 21.4. The van der Waals surface area contributed by atoms with Crippen LogP contribution in [0.15, 0.2) is 53.6 Å². The molecule has 156 valence electrons. The topological polar surface area (TPSA) is 98.7 Å². The van der Waals surface area contributed by atoms with Gasteiger partial charge in [-0.3, -0.25) is 9.36 Å². The Bertz CT molecular complexity index is 1270. The fraction of sp³-hybridized carbons (Fsp3) is 0.190. The minimum absolute atomic E-state index is 0.00693. The van der Waals surface area contributed by atoms with Gasteiger partial charge in [0.15, 0.2) is 5.82 Å². The lowest BCUT2D eigenvalue weighted by molar-refractivity contribution is 0.0946. The third-order valence-electron chi connectivity index (χ3n) is 4.89. The number of hydrogen-bond donors (Lipinski definition) is 1. The monoisotopic (exact) mass is 438 g/mol. The predicted octanol–water partition coefficient (Wildman–Crippen LogP) is 3.92. The molecule has 1 saturated carbocycles. The summed E-state index contributed by atoms with van der Waals surface area (Å²) in [6.45, 7) is 0.194. The van der Waals surface area contributed by atoms with Crippen LogP contribution in [0.5, 0.6) is 0 Å². The third kappa shape index (κ3) is 4.17. The number of pyridine rings is 1. The van der Waals surface area contributed by atoms with E-state index >= 15 is 0 Å². The minimum Gasteiger partial charge on any atom is -0.347 e. The molecular formula is C21H16ClFN6O2. The van der Waals surface area contributed by atoms with Crippen molar-refractivity contribution in [2.75, 3.05) is 0 Å². The molecule has 31 heavy (non-hydrogen) atoms. The molecule has 0 saturated heterocycles. The molecule has 10 heteroatoms. The highest BCUT2D eigenvalue weighted by Crippen LogP contribution is 2.38. The van der Waals surface area contributed by atoms with E-state index in [4.69, 9.17) is 16.1 Å². The maximum atomic E-state index is 13.3. The molecule has 1 aromatic carbocycles. The van der Waals surface area contributed by atoms with E-state index in [9.17, 15) is 9.18 Å². The van der Waals surface area contributed by atoms with Crippen molar-refractivity contribution in [2.45, 2.75) is 25.3 Å². The Kier molecular flexibility index (Phi) is 4.95. The molecule has 8 nitrogen and oxygen atoms in total. The maximum absolute atomic E-state index is 13.3. The first-order chi connectivity index (χ1) is 15.1. The largest absolute Gasteiger partial charge is 0.347 e. The van der Waals surface area contributed by atoms with E-state index in [1.807, 2.05) is 0 Å². The number of carbonyl (C=O) groups is 1. The number of hydrogen-bond acceptors (Lipinski definition) is 6.